The highest BCUT2D eigenvalue weighted by Gasteiger charge is 2.09. The van der Waals surface area contributed by atoms with Gasteiger partial charge in [-0.05, 0) is 50.1 Å². The third-order valence-corrected chi connectivity index (χ3v) is 4.79. The summed E-state index contributed by atoms with van der Waals surface area (Å²) >= 11 is 1.38. The van der Waals surface area contributed by atoms with Crippen LogP contribution in [0.3, 0.4) is 0 Å². The molecule has 0 saturated heterocycles. The van der Waals surface area contributed by atoms with Gasteiger partial charge >= 0.3 is 5.97 Å². The first-order chi connectivity index (χ1) is 14.1. The lowest BCUT2D eigenvalue weighted by Gasteiger charge is -2.12. The molecule has 0 aliphatic carbocycles. The second kappa shape index (κ2) is 12.7. The zero-order valence-corrected chi connectivity index (χ0v) is 17.6. The van der Waals surface area contributed by atoms with E-state index in [1.165, 1.54) is 11.8 Å². The van der Waals surface area contributed by atoms with Crippen LogP contribution in [0.1, 0.15) is 19.4 Å². The molecule has 6 nitrogen and oxygen atoms in total. The number of thioether (sulfide) groups is 1. The standard InChI is InChI=1S/C22H27NO5S/c1-3-26-19-11-10-17(14-20(19)27-4-2)12-13-23-21(24)15-28-22(25)16-29-18-8-6-5-7-9-18/h5-11,14H,3-4,12-13,15-16H2,1-2H3,(H,23,24). The average Bonchev–Trinajstić information content (AvgIpc) is 2.73. The number of rotatable bonds is 12. The van der Waals surface area contributed by atoms with Gasteiger partial charge in [-0.3, -0.25) is 9.59 Å². The van der Waals surface area contributed by atoms with Gasteiger partial charge in [0.2, 0.25) is 0 Å². The van der Waals surface area contributed by atoms with Crippen LogP contribution in [0.15, 0.2) is 53.4 Å². The molecule has 1 N–H and O–H groups in total. The largest absolute Gasteiger partial charge is 0.490 e. The van der Waals surface area contributed by atoms with E-state index in [1.807, 2.05) is 62.4 Å². The van der Waals surface area contributed by atoms with Gasteiger partial charge in [-0.1, -0.05) is 24.3 Å². The fraction of sp³-hybridized carbons (Fsp3) is 0.364. The molecule has 29 heavy (non-hydrogen) atoms. The molecule has 7 heteroatoms. The lowest BCUT2D eigenvalue weighted by atomic mass is 10.1. The molecule has 0 unspecified atom stereocenters. The van der Waals surface area contributed by atoms with Crippen LogP contribution < -0.4 is 14.8 Å². The summed E-state index contributed by atoms with van der Waals surface area (Å²) < 4.78 is 16.2. The van der Waals surface area contributed by atoms with Crippen molar-refractivity contribution >= 4 is 23.6 Å². The Morgan fingerprint density at radius 1 is 0.966 bits per heavy atom. The molecule has 0 heterocycles. The Bertz CT molecular complexity index is 782. The minimum absolute atomic E-state index is 0.170. The van der Waals surface area contributed by atoms with E-state index in [0.29, 0.717) is 37.7 Å². The van der Waals surface area contributed by atoms with Crippen LogP contribution in [0.2, 0.25) is 0 Å². The minimum Gasteiger partial charge on any atom is -0.490 e. The monoisotopic (exact) mass is 417 g/mol. The normalized spacial score (nSPS) is 10.3. The Balaban J connectivity index is 1.68. The lowest BCUT2D eigenvalue weighted by molar-refractivity contribution is -0.145. The van der Waals surface area contributed by atoms with Gasteiger partial charge in [0.25, 0.3) is 5.91 Å². The molecule has 0 fully saturated rings. The molecule has 0 aliphatic heterocycles. The van der Waals surface area contributed by atoms with Crippen molar-refractivity contribution in [1.29, 1.82) is 0 Å². The van der Waals surface area contributed by atoms with E-state index in [9.17, 15) is 9.59 Å². The molecule has 1 amide bonds. The van der Waals surface area contributed by atoms with Crippen LogP contribution in [0, 0.1) is 0 Å². The SMILES string of the molecule is CCOc1ccc(CCNC(=O)COC(=O)CSc2ccccc2)cc1OCC. The highest BCUT2D eigenvalue weighted by molar-refractivity contribution is 8.00. The summed E-state index contributed by atoms with van der Waals surface area (Å²) in [6, 6.07) is 15.3. The van der Waals surface area contributed by atoms with Crippen molar-refractivity contribution in [2.75, 3.05) is 32.1 Å². The van der Waals surface area contributed by atoms with E-state index in [-0.39, 0.29) is 18.3 Å². The van der Waals surface area contributed by atoms with Crippen LogP contribution in [-0.2, 0) is 20.7 Å². The summed E-state index contributed by atoms with van der Waals surface area (Å²) in [7, 11) is 0. The quantitative estimate of drug-likeness (QED) is 0.421. The van der Waals surface area contributed by atoms with Crippen LogP contribution >= 0.6 is 11.8 Å². The topological polar surface area (TPSA) is 73.9 Å². The van der Waals surface area contributed by atoms with Gasteiger partial charge in [0.05, 0.1) is 19.0 Å². The first kappa shape index (κ1) is 22.6. The predicted octanol–water partition coefficient (Wildman–Crippen LogP) is 3.48. The maximum absolute atomic E-state index is 11.9. The average molecular weight is 418 g/mol. The second-order valence-corrected chi connectivity index (χ2v) is 7.06. The van der Waals surface area contributed by atoms with Gasteiger partial charge < -0.3 is 19.5 Å². The zero-order chi connectivity index (χ0) is 20.9. The molecular formula is C22H27NO5S. The lowest BCUT2D eigenvalue weighted by Crippen LogP contribution is -2.30. The van der Waals surface area contributed by atoms with Crippen LogP contribution in [0.25, 0.3) is 0 Å². The van der Waals surface area contributed by atoms with Crippen molar-refractivity contribution in [2.45, 2.75) is 25.2 Å². The van der Waals surface area contributed by atoms with Crippen molar-refractivity contribution in [3.63, 3.8) is 0 Å². The number of carbonyl (C=O) groups excluding carboxylic acids is 2. The van der Waals surface area contributed by atoms with Crippen molar-refractivity contribution in [1.82, 2.24) is 5.32 Å². The van der Waals surface area contributed by atoms with E-state index in [4.69, 9.17) is 14.2 Å². The maximum atomic E-state index is 11.9. The molecule has 156 valence electrons. The summed E-state index contributed by atoms with van der Waals surface area (Å²) in [5.41, 5.74) is 1.02. The molecule has 0 saturated carbocycles. The Labute approximate surface area is 175 Å². The number of hydrogen-bond acceptors (Lipinski definition) is 6. The molecule has 0 bridgehead atoms. The number of esters is 1. The second-order valence-electron chi connectivity index (χ2n) is 6.01. The van der Waals surface area contributed by atoms with Gasteiger partial charge in [-0.25, -0.2) is 0 Å². The summed E-state index contributed by atoms with van der Waals surface area (Å²) in [6.07, 6.45) is 0.635. The Morgan fingerprint density at radius 2 is 1.69 bits per heavy atom. The molecular weight excluding hydrogens is 390 g/mol. The summed E-state index contributed by atoms with van der Waals surface area (Å²) in [4.78, 5) is 24.6. The molecule has 0 aromatic heterocycles. The molecule has 0 spiro atoms. The van der Waals surface area contributed by atoms with Crippen LogP contribution in [0.5, 0.6) is 11.5 Å². The third kappa shape index (κ3) is 8.48. The number of amides is 1. The van der Waals surface area contributed by atoms with Crippen molar-refractivity contribution in [3.8, 4) is 11.5 Å². The van der Waals surface area contributed by atoms with Crippen molar-refractivity contribution < 1.29 is 23.8 Å². The number of benzene rings is 2. The van der Waals surface area contributed by atoms with E-state index < -0.39 is 5.97 Å². The minimum atomic E-state index is -0.415. The van der Waals surface area contributed by atoms with E-state index in [1.54, 1.807) is 0 Å². The number of hydrogen-bond donors (Lipinski definition) is 1. The van der Waals surface area contributed by atoms with Gasteiger partial charge in [-0.2, -0.15) is 0 Å². The van der Waals surface area contributed by atoms with Gasteiger partial charge in [0.1, 0.15) is 0 Å². The molecule has 0 aliphatic rings. The van der Waals surface area contributed by atoms with Gasteiger partial charge in [-0.15, -0.1) is 11.8 Å². The third-order valence-electron chi connectivity index (χ3n) is 3.81. The molecule has 2 aromatic carbocycles. The zero-order valence-electron chi connectivity index (χ0n) is 16.8. The van der Waals surface area contributed by atoms with Crippen molar-refractivity contribution in [2.24, 2.45) is 0 Å². The molecule has 2 rings (SSSR count). The Kier molecular flexibility index (Phi) is 9.92. The van der Waals surface area contributed by atoms with E-state index in [2.05, 4.69) is 5.32 Å². The highest BCUT2D eigenvalue weighted by atomic mass is 32.2. The number of carbonyl (C=O) groups is 2. The first-order valence-corrected chi connectivity index (χ1v) is 10.6. The smallest absolute Gasteiger partial charge is 0.316 e. The van der Waals surface area contributed by atoms with Crippen LogP contribution in [0.4, 0.5) is 0 Å². The Hall–Kier alpha value is -2.67. The Morgan fingerprint density at radius 3 is 2.41 bits per heavy atom. The summed E-state index contributed by atoms with van der Waals surface area (Å²) in [5, 5.41) is 2.76. The van der Waals surface area contributed by atoms with Crippen LogP contribution in [-0.4, -0.2) is 44.0 Å². The fourth-order valence-corrected chi connectivity index (χ4v) is 3.21. The first-order valence-electron chi connectivity index (χ1n) is 9.61. The van der Waals surface area contributed by atoms with Gasteiger partial charge in [0.15, 0.2) is 18.1 Å². The molecule has 0 atom stereocenters. The van der Waals surface area contributed by atoms with E-state index >= 15 is 0 Å². The highest BCUT2D eigenvalue weighted by Crippen LogP contribution is 2.28. The summed E-state index contributed by atoms with van der Waals surface area (Å²) in [5.74, 6) is 0.843. The number of ether oxygens (including phenoxy) is 3. The van der Waals surface area contributed by atoms with Crippen molar-refractivity contribution in [3.05, 3.63) is 54.1 Å². The summed E-state index contributed by atoms with van der Waals surface area (Å²) in [6.45, 7) is 5.12. The molecule has 0 radical (unpaired) electrons. The van der Waals surface area contributed by atoms with E-state index in [0.717, 1.165) is 10.5 Å². The fourth-order valence-electron chi connectivity index (χ4n) is 2.50. The molecule has 2 aromatic rings. The predicted molar refractivity (Wildman–Crippen MR) is 114 cm³/mol. The van der Waals surface area contributed by atoms with Gasteiger partial charge in [0, 0.05) is 11.4 Å². The maximum Gasteiger partial charge on any atom is 0.316 e. The number of nitrogens with one attached hydrogen (secondary N) is 1.